The van der Waals surface area contributed by atoms with Crippen LogP contribution in [0, 0.1) is 0 Å². The summed E-state index contributed by atoms with van der Waals surface area (Å²) in [6, 6.07) is 0.0357. The number of nitrogens with two attached hydrogens (primary N) is 1. The van der Waals surface area contributed by atoms with Gasteiger partial charge in [-0.05, 0) is 38.5 Å². The van der Waals surface area contributed by atoms with E-state index in [0.717, 1.165) is 25.7 Å². The Labute approximate surface area is 130 Å². The molecule has 1 aromatic heterocycles. The quantitative estimate of drug-likeness (QED) is 0.782. The van der Waals surface area contributed by atoms with Crippen LogP contribution in [0.3, 0.4) is 0 Å². The summed E-state index contributed by atoms with van der Waals surface area (Å²) >= 11 is 1.82. The van der Waals surface area contributed by atoms with Crippen LogP contribution in [0.2, 0.25) is 0 Å². The van der Waals surface area contributed by atoms with Gasteiger partial charge in [0.15, 0.2) is 0 Å². The van der Waals surface area contributed by atoms with Crippen LogP contribution in [0.25, 0.3) is 0 Å². The third-order valence-corrected chi connectivity index (χ3v) is 6.36. The van der Waals surface area contributed by atoms with E-state index in [1.165, 1.54) is 12.6 Å². The van der Waals surface area contributed by atoms with E-state index in [4.69, 9.17) is 5.73 Å². The van der Waals surface area contributed by atoms with Gasteiger partial charge in [-0.15, -0.1) is 0 Å². The van der Waals surface area contributed by atoms with Crippen molar-refractivity contribution in [2.75, 3.05) is 12.8 Å². The van der Waals surface area contributed by atoms with Crippen LogP contribution in [0.4, 0.5) is 0 Å². The SMILES string of the molecule is CSC1CCCC(NS(=O)(=O)c2cnn(CCCN)c2)C1. The number of nitrogens with zero attached hydrogens (tertiary/aromatic N) is 2. The average Bonchev–Trinajstić information content (AvgIpc) is 2.94. The molecule has 2 atom stereocenters. The fraction of sp³-hybridized carbons (Fsp3) is 0.769. The van der Waals surface area contributed by atoms with Crippen molar-refractivity contribution in [1.82, 2.24) is 14.5 Å². The normalized spacial score (nSPS) is 23.3. The van der Waals surface area contributed by atoms with Crippen LogP contribution < -0.4 is 10.5 Å². The first-order valence-electron chi connectivity index (χ1n) is 7.33. The molecule has 1 saturated carbocycles. The Morgan fingerprint density at radius 2 is 2.33 bits per heavy atom. The highest BCUT2D eigenvalue weighted by molar-refractivity contribution is 7.99. The van der Waals surface area contributed by atoms with E-state index in [0.29, 0.717) is 18.3 Å². The van der Waals surface area contributed by atoms with Crippen LogP contribution in [-0.4, -0.2) is 42.3 Å². The molecule has 0 aromatic carbocycles. The number of hydrogen-bond acceptors (Lipinski definition) is 5. The summed E-state index contributed by atoms with van der Waals surface area (Å²) in [5.74, 6) is 0. The van der Waals surface area contributed by atoms with Crippen molar-refractivity contribution in [3.8, 4) is 0 Å². The molecule has 1 aromatic rings. The lowest BCUT2D eigenvalue weighted by Gasteiger charge is -2.28. The molecule has 2 unspecified atom stereocenters. The van der Waals surface area contributed by atoms with Gasteiger partial charge in [0.2, 0.25) is 10.0 Å². The van der Waals surface area contributed by atoms with E-state index in [9.17, 15) is 8.42 Å². The van der Waals surface area contributed by atoms with Gasteiger partial charge in [-0.3, -0.25) is 4.68 Å². The molecule has 0 radical (unpaired) electrons. The van der Waals surface area contributed by atoms with Gasteiger partial charge in [-0.2, -0.15) is 16.9 Å². The minimum atomic E-state index is -3.47. The molecule has 1 fully saturated rings. The standard InChI is InChI=1S/C13H24N4O2S2/c1-20-12-5-2-4-11(8-12)16-21(18,19)13-9-15-17(10-13)7-3-6-14/h9-12,16H,2-8,14H2,1H3. The molecule has 2 rings (SSSR count). The van der Waals surface area contributed by atoms with Gasteiger partial charge in [0, 0.05) is 24.0 Å². The second-order valence-corrected chi connectivity index (χ2v) is 8.28. The number of thioether (sulfide) groups is 1. The fourth-order valence-corrected chi connectivity index (χ4v) is 4.67. The monoisotopic (exact) mass is 332 g/mol. The maximum Gasteiger partial charge on any atom is 0.243 e. The molecule has 21 heavy (non-hydrogen) atoms. The first-order chi connectivity index (χ1) is 10.0. The van der Waals surface area contributed by atoms with Gasteiger partial charge in [-0.25, -0.2) is 13.1 Å². The minimum absolute atomic E-state index is 0.0357. The van der Waals surface area contributed by atoms with Gasteiger partial charge in [0.1, 0.15) is 4.90 Å². The number of hydrogen-bond donors (Lipinski definition) is 2. The molecule has 0 aliphatic heterocycles. The second kappa shape index (κ2) is 7.62. The Kier molecular flexibility index (Phi) is 6.09. The maximum atomic E-state index is 12.4. The summed E-state index contributed by atoms with van der Waals surface area (Å²) in [6.07, 6.45) is 9.93. The lowest BCUT2D eigenvalue weighted by atomic mass is 9.96. The summed E-state index contributed by atoms with van der Waals surface area (Å²) in [4.78, 5) is 0.241. The molecule has 0 amide bonds. The number of nitrogens with one attached hydrogen (secondary N) is 1. The van der Waals surface area contributed by atoms with Crippen LogP contribution >= 0.6 is 11.8 Å². The van der Waals surface area contributed by atoms with Crippen molar-refractivity contribution in [3.63, 3.8) is 0 Å². The van der Waals surface area contributed by atoms with E-state index in [1.54, 1.807) is 10.9 Å². The van der Waals surface area contributed by atoms with Crippen molar-refractivity contribution in [1.29, 1.82) is 0 Å². The highest BCUT2D eigenvalue weighted by Gasteiger charge is 2.26. The summed E-state index contributed by atoms with van der Waals surface area (Å²) in [7, 11) is -3.47. The molecule has 8 heteroatoms. The number of aromatic nitrogens is 2. The Hall–Kier alpha value is -0.570. The Bertz CT molecular complexity index is 544. The maximum absolute atomic E-state index is 12.4. The first-order valence-corrected chi connectivity index (χ1v) is 10.1. The third kappa shape index (κ3) is 4.70. The minimum Gasteiger partial charge on any atom is -0.330 e. The molecular formula is C13H24N4O2S2. The highest BCUT2D eigenvalue weighted by atomic mass is 32.2. The molecule has 0 spiro atoms. The largest absolute Gasteiger partial charge is 0.330 e. The third-order valence-electron chi connectivity index (χ3n) is 3.79. The van der Waals surface area contributed by atoms with E-state index < -0.39 is 10.0 Å². The molecule has 1 heterocycles. The summed E-state index contributed by atoms with van der Waals surface area (Å²) in [6.45, 7) is 1.21. The van der Waals surface area contributed by atoms with Crippen molar-refractivity contribution in [2.45, 2.75) is 54.8 Å². The lowest BCUT2D eigenvalue weighted by molar-refractivity contribution is 0.420. The zero-order chi connectivity index (χ0) is 15.3. The zero-order valence-electron chi connectivity index (χ0n) is 12.4. The van der Waals surface area contributed by atoms with E-state index >= 15 is 0 Å². The molecule has 1 aliphatic carbocycles. The summed E-state index contributed by atoms with van der Waals surface area (Å²) < 4.78 is 29.2. The van der Waals surface area contributed by atoms with Gasteiger partial charge in [0.05, 0.1) is 6.20 Å². The van der Waals surface area contributed by atoms with E-state index in [2.05, 4.69) is 16.1 Å². The second-order valence-electron chi connectivity index (χ2n) is 5.42. The topological polar surface area (TPSA) is 90.0 Å². The predicted octanol–water partition coefficient (Wildman–Crippen LogP) is 1.18. The van der Waals surface area contributed by atoms with E-state index in [1.807, 2.05) is 11.8 Å². The molecule has 120 valence electrons. The first kappa shape index (κ1) is 16.8. The number of aryl methyl sites for hydroxylation is 1. The smallest absolute Gasteiger partial charge is 0.243 e. The van der Waals surface area contributed by atoms with Crippen molar-refractivity contribution in [3.05, 3.63) is 12.4 Å². The zero-order valence-corrected chi connectivity index (χ0v) is 14.0. The molecule has 0 saturated heterocycles. The molecular weight excluding hydrogens is 308 g/mol. The van der Waals surface area contributed by atoms with Gasteiger partial charge in [-0.1, -0.05) is 6.42 Å². The van der Waals surface area contributed by atoms with Crippen LogP contribution in [0.1, 0.15) is 32.1 Å². The van der Waals surface area contributed by atoms with Crippen molar-refractivity contribution in [2.24, 2.45) is 5.73 Å². The van der Waals surface area contributed by atoms with Crippen molar-refractivity contribution < 1.29 is 8.42 Å². The van der Waals surface area contributed by atoms with Gasteiger partial charge in [0.25, 0.3) is 0 Å². The summed E-state index contributed by atoms with van der Waals surface area (Å²) in [5.41, 5.74) is 5.45. The number of sulfonamides is 1. The van der Waals surface area contributed by atoms with Gasteiger partial charge < -0.3 is 5.73 Å². The fourth-order valence-electron chi connectivity index (χ4n) is 2.61. The Morgan fingerprint density at radius 3 is 3.05 bits per heavy atom. The Balaban J connectivity index is 1.99. The van der Waals surface area contributed by atoms with Crippen molar-refractivity contribution >= 4 is 21.8 Å². The van der Waals surface area contributed by atoms with E-state index in [-0.39, 0.29) is 10.9 Å². The molecule has 0 bridgehead atoms. The molecule has 1 aliphatic rings. The Morgan fingerprint density at radius 1 is 1.52 bits per heavy atom. The molecule has 3 N–H and O–H groups in total. The van der Waals surface area contributed by atoms with Crippen LogP contribution in [0.15, 0.2) is 17.3 Å². The molecule has 6 nitrogen and oxygen atoms in total. The predicted molar refractivity (Wildman–Crippen MR) is 85.8 cm³/mol. The van der Waals surface area contributed by atoms with Crippen LogP contribution in [-0.2, 0) is 16.6 Å². The average molecular weight is 332 g/mol. The summed E-state index contributed by atoms with van der Waals surface area (Å²) in [5, 5.41) is 4.64. The lowest BCUT2D eigenvalue weighted by Crippen LogP contribution is -2.38. The van der Waals surface area contributed by atoms with Crippen LogP contribution in [0.5, 0.6) is 0 Å². The number of rotatable bonds is 7. The highest BCUT2D eigenvalue weighted by Crippen LogP contribution is 2.27. The van der Waals surface area contributed by atoms with Gasteiger partial charge >= 0.3 is 0 Å².